The molecule has 0 saturated carbocycles. The number of halogens is 2. The zero-order valence-corrected chi connectivity index (χ0v) is 11.6. The number of hydrogen-bond donors (Lipinski definition) is 0. The lowest BCUT2D eigenvalue weighted by molar-refractivity contribution is 0.0750. The fraction of sp³-hybridized carbons (Fsp3) is 0.500. The van der Waals surface area contributed by atoms with Gasteiger partial charge in [-0.25, -0.2) is 4.98 Å². The third-order valence-corrected chi connectivity index (χ3v) is 2.80. The van der Waals surface area contributed by atoms with E-state index in [-0.39, 0.29) is 16.8 Å². The molecule has 1 rings (SSSR count). The summed E-state index contributed by atoms with van der Waals surface area (Å²) in [5.74, 6) is -0.152. The molecule has 5 heteroatoms. The van der Waals surface area contributed by atoms with Crippen LogP contribution in [0.1, 0.15) is 37.2 Å². The molecule has 94 valence electrons. The normalized spacial score (nSPS) is 10.4. The second-order valence-electron chi connectivity index (χ2n) is 3.76. The summed E-state index contributed by atoms with van der Waals surface area (Å²) in [6.07, 6.45) is 1.81. The number of carbonyl (C=O) groups is 1. The van der Waals surface area contributed by atoms with Gasteiger partial charge in [-0.15, -0.1) is 0 Å². The Hall–Kier alpha value is -0.800. The molecule has 1 heterocycles. The van der Waals surface area contributed by atoms with Crippen LogP contribution in [0.4, 0.5) is 0 Å². The van der Waals surface area contributed by atoms with E-state index in [1.54, 1.807) is 17.0 Å². The van der Waals surface area contributed by atoms with Crippen LogP contribution in [-0.2, 0) is 0 Å². The maximum atomic E-state index is 12.2. The van der Waals surface area contributed by atoms with Gasteiger partial charge >= 0.3 is 0 Å². The standard InChI is InChI=1S/C12H16Cl2N2O/c1-3-7-16(8-4-2)12(17)11-9(13)5-6-10(14)15-11/h5-6H,3-4,7-8H2,1-2H3. The first kappa shape index (κ1) is 14.3. The van der Waals surface area contributed by atoms with E-state index in [4.69, 9.17) is 23.2 Å². The first-order valence-electron chi connectivity index (χ1n) is 5.71. The van der Waals surface area contributed by atoms with E-state index in [1.165, 1.54) is 0 Å². The molecule has 0 bridgehead atoms. The van der Waals surface area contributed by atoms with Gasteiger partial charge in [0.2, 0.25) is 0 Å². The lowest BCUT2D eigenvalue weighted by atomic mass is 10.2. The average molecular weight is 275 g/mol. The number of nitrogens with zero attached hydrogens (tertiary/aromatic N) is 2. The summed E-state index contributed by atoms with van der Waals surface area (Å²) in [5.41, 5.74) is 0.237. The number of hydrogen-bond acceptors (Lipinski definition) is 2. The smallest absolute Gasteiger partial charge is 0.274 e. The highest BCUT2D eigenvalue weighted by atomic mass is 35.5. The number of rotatable bonds is 5. The summed E-state index contributed by atoms with van der Waals surface area (Å²) in [4.78, 5) is 18.0. The summed E-state index contributed by atoms with van der Waals surface area (Å²) >= 11 is 11.7. The Morgan fingerprint density at radius 2 is 1.82 bits per heavy atom. The highest BCUT2D eigenvalue weighted by Gasteiger charge is 2.19. The second kappa shape index (κ2) is 6.82. The summed E-state index contributed by atoms with van der Waals surface area (Å²) < 4.78 is 0. The summed E-state index contributed by atoms with van der Waals surface area (Å²) in [7, 11) is 0. The largest absolute Gasteiger partial charge is 0.337 e. The molecule has 0 saturated heterocycles. The second-order valence-corrected chi connectivity index (χ2v) is 4.55. The fourth-order valence-electron chi connectivity index (χ4n) is 1.57. The molecule has 0 aromatic carbocycles. The SMILES string of the molecule is CCCN(CCC)C(=O)c1nc(Cl)ccc1Cl. The molecule has 0 aliphatic carbocycles. The van der Waals surface area contributed by atoms with Gasteiger partial charge in [0.05, 0.1) is 5.02 Å². The first-order valence-corrected chi connectivity index (χ1v) is 6.47. The molecule has 0 aliphatic rings. The van der Waals surface area contributed by atoms with Crippen LogP contribution in [0.5, 0.6) is 0 Å². The van der Waals surface area contributed by atoms with E-state index >= 15 is 0 Å². The van der Waals surface area contributed by atoms with Crippen molar-refractivity contribution >= 4 is 29.1 Å². The van der Waals surface area contributed by atoms with Crippen molar-refractivity contribution in [2.45, 2.75) is 26.7 Å². The number of amides is 1. The van der Waals surface area contributed by atoms with Crippen LogP contribution in [0.15, 0.2) is 12.1 Å². The maximum absolute atomic E-state index is 12.2. The molecular weight excluding hydrogens is 259 g/mol. The van der Waals surface area contributed by atoms with E-state index in [0.29, 0.717) is 18.1 Å². The molecule has 1 aromatic heterocycles. The van der Waals surface area contributed by atoms with Crippen molar-refractivity contribution in [2.24, 2.45) is 0 Å². The Labute approximate surface area is 112 Å². The average Bonchev–Trinajstić information content (AvgIpc) is 2.31. The van der Waals surface area contributed by atoms with Crippen molar-refractivity contribution in [2.75, 3.05) is 13.1 Å². The Kier molecular flexibility index (Phi) is 5.72. The molecule has 0 aliphatic heterocycles. The molecule has 3 nitrogen and oxygen atoms in total. The maximum Gasteiger partial charge on any atom is 0.274 e. The van der Waals surface area contributed by atoms with Crippen molar-refractivity contribution in [1.29, 1.82) is 0 Å². The number of aromatic nitrogens is 1. The van der Waals surface area contributed by atoms with Crippen molar-refractivity contribution in [1.82, 2.24) is 9.88 Å². The molecule has 0 unspecified atom stereocenters. The fourth-order valence-corrected chi connectivity index (χ4v) is 1.91. The predicted molar refractivity (Wildman–Crippen MR) is 70.7 cm³/mol. The molecule has 1 aromatic rings. The van der Waals surface area contributed by atoms with Crippen molar-refractivity contribution < 1.29 is 4.79 Å². The minimum atomic E-state index is -0.152. The molecule has 0 radical (unpaired) electrons. The van der Waals surface area contributed by atoms with Gasteiger partial charge in [0.15, 0.2) is 0 Å². The third-order valence-electron chi connectivity index (χ3n) is 2.29. The zero-order chi connectivity index (χ0) is 12.8. The highest BCUT2D eigenvalue weighted by Crippen LogP contribution is 2.18. The minimum Gasteiger partial charge on any atom is -0.337 e. The first-order chi connectivity index (χ1) is 8.10. The monoisotopic (exact) mass is 274 g/mol. The zero-order valence-electron chi connectivity index (χ0n) is 10.0. The Morgan fingerprint density at radius 1 is 1.24 bits per heavy atom. The van der Waals surface area contributed by atoms with Crippen LogP contribution in [0.2, 0.25) is 10.2 Å². The molecule has 0 fully saturated rings. The van der Waals surface area contributed by atoms with Gasteiger partial charge in [0.25, 0.3) is 5.91 Å². The molecule has 1 amide bonds. The highest BCUT2D eigenvalue weighted by molar-refractivity contribution is 6.34. The van der Waals surface area contributed by atoms with Crippen LogP contribution < -0.4 is 0 Å². The molecule has 0 spiro atoms. The van der Waals surface area contributed by atoms with E-state index in [0.717, 1.165) is 12.8 Å². The lowest BCUT2D eigenvalue weighted by Crippen LogP contribution is -2.33. The van der Waals surface area contributed by atoms with Gasteiger partial charge in [0.1, 0.15) is 10.8 Å². The lowest BCUT2D eigenvalue weighted by Gasteiger charge is -2.21. The van der Waals surface area contributed by atoms with Gasteiger partial charge in [-0.2, -0.15) is 0 Å². The van der Waals surface area contributed by atoms with Crippen LogP contribution in [0.3, 0.4) is 0 Å². The number of carbonyl (C=O) groups excluding carboxylic acids is 1. The van der Waals surface area contributed by atoms with Crippen LogP contribution >= 0.6 is 23.2 Å². The Balaban J connectivity index is 2.95. The van der Waals surface area contributed by atoms with Crippen LogP contribution in [-0.4, -0.2) is 28.9 Å². The van der Waals surface area contributed by atoms with E-state index in [9.17, 15) is 4.79 Å². The summed E-state index contributed by atoms with van der Waals surface area (Å²) in [6.45, 7) is 5.47. The Morgan fingerprint density at radius 3 is 2.35 bits per heavy atom. The van der Waals surface area contributed by atoms with Gasteiger partial charge in [-0.05, 0) is 25.0 Å². The van der Waals surface area contributed by atoms with Gasteiger partial charge in [-0.3, -0.25) is 4.79 Å². The third kappa shape index (κ3) is 3.86. The molecular formula is C12H16Cl2N2O. The van der Waals surface area contributed by atoms with Crippen molar-refractivity contribution in [3.8, 4) is 0 Å². The predicted octanol–water partition coefficient (Wildman–Crippen LogP) is 3.65. The number of pyridine rings is 1. The van der Waals surface area contributed by atoms with Crippen molar-refractivity contribution in [3.05, 3.63) is 28.0 Å². The van der Waals surface area contributed by atoms with E-state index in [2.05, 4.69) is 4.98 Å². The molecule has 0 atom stereocenters. The van der Waals surface area contributed by atoms with Gasteiger partial charge < -0.3 is 4.90 Å². The summed E-state index contributed by atoms with van der Waals surface area (Å²) in [5, 5.41) is 0.627. The van der Waals surface area contributed by atoms with Gasteiger partial charge in [-0.1, -0.05) is 37.0 Å². The van der Waals surface area contributed by atoms with Crippen LogP contribution in [0, 0.1) is 0 Å². The summed E-state index contributed by atoms with van der Waals surface area (Å²) in [6, 6.07) is 3.17. The minimum absolute atomic E-state index is 0.152. The van der Waals surface area contributed by atoms with E-state index < -0.39 is 0 Å². The van der Waals surface area contributed by atoms with Crippen molar-refractivity contribution in [3.63, 3.8) is 0 Å². The van der Waals surface area contributed by atoms with E-state index in [1.807, 2.05) is 13.8 Å². The molecule has 0 N–H and O–H groups in total. The topological polar surface area (TPSA) is 33.2 Å². The van der Waals surface area contributed by atoms with Crippen LogP contribution in [0.25, 0.3) is 0 Å². The Bertz CT molecular complexity index is 390. The quantitative estimate of drug-likeness (QED) is 0.768. The molecule has 17 heavy (non-hydrogen) atoms. The van der Waals surface area contributed by atoms with Gasteiger partial charge in [0, 0.05) is 13.1 Å².